The van der Waals surface area contributed by atoms with E-state index in [9.17, 15) is 9.90 Å². The lowest BCUT2D eigenvalue weighted by atomic mass is 9.91. The third-order valence-electron chi connectivity index (χ3n) is 5.54. The van der Waals surface area contributed by atoms with E-state index in [-0.39, 0.29) is 12.1 Å². The molecule has 0 atom stereocenters. The third kappa shape index (κ3) is 4.80. The number of ether oxygens (including phenoxy) is 1. The average molecular weight is 426 g/mol. The van der Waals surface area contributed by atoms with E-state index in [0.29, 0.717) is 19.4 Å². The number of nitrogens with zero attached hydrogens (tertiary/aromatic N) is 3. The van der Waals surface area contributed by atoms with Gasteiger partial charge in [-0.2, -0.15) is 5.10 Å². The van der Waals surface area contributed by atoms with Crippen LogP contribution in [-0.2, 0) is 13.1 Å². The number of benzene rings is 1. The molecule has 2 aromatic heterocycles. The number of hydrogen-bond donors (Lipinski definition) is 1. The van der Waals surface area contributed by atoms with Crippen LogP contribution < -0.4 is 10.3 Å². The molecule has 1 N–H and O–H groups in total. The Morgan fingerprint density at radius 3 is 2.67 bits per heavy atom. The lowest BCUT2D eigenvalue weighted by Crippen LogP contribution is -2.48. The molecule has 1 saturated heterocycles. The Balaban J connectivity index is 1.41. The van der Waals surface area contributed by atoms with Gasteiger partial charge in [-0.1, -0.05) is 24.3 Å². The van der Waals surface area contributed by atoms with Crippen molar-refractivity contribution in [2.45, 2.75) is 38.5 Å². The molecule has 3 aromatic rings. The Labute approximate surface area is 180 Å². The molecule has 7 heteroatoms. The van der Waals surface area contributed by atoms with Crippen LogP contribution in [0.1, 0.15) is 25.3 Å². The summed E-state index contributed by atoms with van der Waals surface area (Å²) >= 11 is 1.58. The van der Waals surface area contributed by atoms with Crippen molar-refractivity contribution in [3.63, 3.8) is 0 Å². The van der Waals surface area contributed by atoms with Crippen molar-refractivity contribution >= 4 is 11.3 Å². The SMILES string of the molecule is CCOc1ccccc1CN1CCC(O)(Cn2nc(-c3cccs3)ccc2=O)CC1. The summed E-state index contributed by atoms with van der Waals surface area (Å²) in [5.41, 5.74) is 0.808. The Kier molecular flexibility index (Phi) is 6.32. The number of para-hydroxylation sites is 1. The van der Waals surface area contributed by atoms with Gasteiger partial charge in [-0.3, -0.25) is 9.69 Å². The number of likely N-dealkylation sites (tertiary alicyclic amines) is 1. The molecule has 0 amide bonds. The molecule has 1 aliphatic rings. The molecule has 30 heavy (non-hydrogen) atoms. The van der Waals surface area contributed by atoms with Crippen LogP contribution in [-0.4, -0.2) is 45.1 Å². The van der Waals surface area contributed by atoms with Crippen LogP contribution >= 0.6 is 11.3 Å². The van der Waals surface area contributed by atoms with E-state index in [1.807, 2.05) is 42.6 Å². The van der Waals surface area contributed by atoms with E-state index in [1.54, 1.807) is 17.4 Å². The Hall–Kier alpha value is -2.48. The quantitative estimate of drug-likeness (QED) is 0.628. The monoisotopic (exact) mass is 425 g/mol. The highest BCUT2D eigenvalue weighted by Gasteiger charge is 2.33. The fourth-order valence-electron chi connectivity index (χ4n) is 3.85. The molecule has 0 unspecified atom stereocenters. The van der Waals surface area contributed by atoms with E-state index >= 15 is 0 Å². The maximum atomic E-state index is 12.3. The van der Waals surface area contributed by atoms with Gasteiger partial charge in [0, 0.05) is 31.3 Å². The first-order valence-corrected chi connectivity index (χ1v) is 11.2. The van der Waals surface area contributed by atoms with Crippen molar-refractivity contribution in [3.05, 3.63) is 69.8 Å². The predicted molar refractivity (Wildman–Crippen MR) is 119 cm³/mol. The number of hydrogen-bond acceptors (Lipinski definition) is 6. The predicted octanol–water partition coefficient (Wildman–Crippen LogP) is 3.40. The molecule has 158 valence electrons. The molecule has 4 rings (SSSR count). The van der Waals surface area contributed by atoms with Gasteiger partial charge >= 0.3 is 0 Å². The second-order valence-electron chi connectivity index (χ2n) is 7.73. The minimum Gasteiger partial charge on any atom is -0.494 e. The maximum Gasteiger partial charge on any atom is 0.266 e. The molecule has 1 fully saturated rings. The Bertz CT molecular complexity index is 1020. The standard InChI is InChI=1S/C23H27N3O3S/c1-2-29-20-7-4-3-6-18(20)16-25-13-11-23(28,12-14-25)17-26-22(27)10-9-19(24-26)21-8-5-15-30-21/h3-10,15,28H,2,11-14,16-17H2,1H3. The van der Waals surface area contributed by atoms with Crippen molar-refractivity contribution < 1.29 is 9.84 Å². The number of thiophene rings is 1. The highest BCUT2D eigenvalue weighted by Crippen LogP contribution is 2.27. The van der Waals surface area contributed by atoms with Crippen LogP contribution in [0.3, 0.4) is 0 Å². The lowest BCUT2D eigenvalue weighted by Gasteiger charge is -2.38. The molecular weight excluding hydrogens is 398 g/mol. The van der Waals surface area contributed by atoms with E-state index in [2.05, 4.69) is 16.1 Å². The van der Waals surface area contributed by atoms with Crippen LogP contribution in [0.2, 0.25) is 0 Å². The largest absolute Gasteiger partial charge is 0.494 e. The van der Waals surface area contributed by atoms with Crippen molar-refractivity contribution in [2.24, 2.45) is 0 Å². The van der Waals surface area contributed by atoms with Gasteiger partial charge in [0.25, 0.3) is 5.56 Å². The van der Waals surface area contributed by atoms with Crippen LogP contribution in [0.15, 0.2) is 58.7 Å². The van der Waals surface area contributed by atoms with E-state index in [4.69, 9.17) is 4.74 Å². The van der Waals surface area contributed by atoms with Crippen LogP contribution in [0.4, 0.5) is 0 Å². The van der Waals surface area contributed by atoms with Gasteiger partial charge in [0.05, 0.1) is 23.6 Å². The number of rotatable bonds is 7. The minimum atomic E-state index is -0.930. The van der Waals surface area contributed by atoms with Crippen molar-refractivity contribution in [1.82, 2.24) is 14.7 Å². The van der Waals surface area contributed by atoms with Gasteiger partial charge in [-0.15, -0.1) is 11.3 Å². The van der Waals surface area contributed by atoms with Crippen LogP contribution in [0, 0.1) is 0 Å². The summed E-state index contributed by atoms with van der Waals surface area (Å²) in [5.74, 6) is 0.918. The van der Waals surface area contributed by atoms with Crippen molar-refractivity contribution in [2.75, 3.05) is 19.7 Å². The fraction of sp³-hybridized carbons (Fsp3) is 0.391. The van der Waals surface area contributed by atoms with Gasteiger partial charge < -0.3 is 9.84 Å². The number of aromatic nitrogens is 2. The molecule has 0 radical (unpaired) electrons. The first kappa shape index (κ1) is 20.8. The topological polar surface area (TPSA) is 67.6 Å². The third-order valence-corrected chi connectivity index (χ3v) is 6.43. The lowest BCUT2D eigenvalue weighted by molar-refractivity contribution is -0.0390. The van der Waals surface area contributed by atoms with E-state index in [0.717, 1.165) is 41.5 Å². The first-order valence-electron chi connectivity index (χ1n) is 10.3. The summed E-state index contributed by atoms with van der Waals surface area (Å²) in [6, 6.07) is 15.3. The molecule has 0 bridgehead atoms. The second kappa shape index (κ2) is 9.12. The average Bonchev–Trinajstić information content (AvgIpc) is 3.28. The second-order valence-corrected chi connectivity index (χ2v) is 8.68. The molecule has 1 aliphatic heterocycles. The highest BCUT2D eigenvalue weighted by molar-refractivity contribution is 7.13. The molecule has 0 aliphatic carbocycles. The summed E-state index contributed by atoms with van der Waals surface area (Å²) < 4.78 is 7.14. The van der Waals surface area contributed by atoms with E-state index in [1.165, 1.54) is 10.7 Å². The fourth-order valence-corrected chi connectivity index (χ4v) is 4.54. The minimum absolute atomic E-state index is 0.184. The van der Waals surface area contributed by atoms with Gasteiger partial charge in [0.2, 0.25) is 0 Å². The zero-order chi connectivity index (χ0) is 21.0. The first-order chi connectivity index (χ1) is 14.6. The van der Waals surface area contributed by atoms with Crippen molar-refractivity contribution in [3.8, 4) is 16.3 Å². The summed E-state index contributed by atoms with van der Waals surface area (Å²) in [7, 11) is 0. The van der Waals surface area contributed by atoms with Gasteiger partial charge in [-0.05, 0) is 43.3 Å². The summed E-state index contributed by atoms with van der Waals surface area (Å²) in [6.07, 6.45) is 1.20. The molecule has 3 heterocycles. The zero-order valence-corrected chi connectivity index (χ0v) is 18.0. The van der Waals surface area contributed by atoms with Gasteiger partial charge in [0.15, 0.2) is 0 Å². The highest BCUT2D eigenvalue weighted by atomic mass is 32.1. The molecule has 0 spiro atoms. The van der Waals surface area contributed by atoms with Gasteiger partial charge in [0.1, 0.15) is 11.4 Å². The summed E-state index contributed by atoms with van der Waals surface area (Å²) in [4.78, 5) is 15.7. The molecule has 6 nitrogen and oxygen atoms in total. The normalized spacial score (nSPS) is 16.5. The van der Waals surface area contributed by atoms with Crippen LogP contribution in [0.25, 0.3) is 10.6 Å². The summed E-state index contributed by atoms with van der Waals surface area (Å²) in [5, 5.41) is 17.6. The number of aliphatic hydroxyl groups is 1. The number of piperidine rings is 1. The van der Waals surface area contributed by atoms with Crippen molar-refractivity contribution in [1.29, 1.82) is 0 Å². The smallest absolute Gasteiger partial charge is 0.266 e. The Morgan fingerprint density at radius 2 is 1.93 bits per heavy atom. The molecule has 1 aromatic carbocycles. The Morgan fingerprint density at radius 1 is 1.13 bits per heavy atom. The van der Waals surface area contributed by atoms with Gasteiger partial charge in [-0.25, -0.2) is 4.68 Å². The molecule has 0 saturated carbocycles. The zero-order valence-electron chi connectivity index (χ0n) is 17.2. The summed E-state index contributed by atoms with van der Waals surface area (Å²) in [6.45, 7) is 5.16. The van der Waals surface area contributed by atoms with Crippen LogP contribution in [0.5, 0.6) is 5.75 Å². The maximum absolute atomic E-state index is 12.3. The van der Waals surface area contributed by atoms with E-state index < -0.39 is 5.60 Å². The molecular formula is C23H27N3O3S.